The number of likely N-dealkylation sites (N-methyl/N-ethyl adjacent to an activating group) is 1. The van der Waals surface area contributed by atoms with Crippen LogP contribution in [0.1, 0.15) is 164 Å². The number of esters is 1. The number of aromatic hydroxyl groups is 1. The van der Waals surface area contributed by atoms with E-state index < -0.39 is 213 Å². The zero-order valence-corrected chi connectivity index (χ0v) is 75.9. The first-order valence-electron chi connectivity index (χ1n) is 42.5. The molecule has 0 radical (unpaired) electrons. The highest BCUT2D eigenvalue weighted by molar-refractivity contribution is 8.76. The fourth-order valence-corrected chi connectivity index (χ4v) is 16.2. The molecule has 4 aromatic rings. The van der Waals surface area contributed by atoms with Crippen LogP contribution in [-0.4, -0.2) is 270 Å². The number of hydrazine groups is 1. The Kier molecular flexibility index (Phi) is 47.4. The molecule has 2 heterocycles. The molecule has 1 fully saturated rings. The topological polar surface area (TPSA) is 637 Å². The number of phenolic OH excluding ortho intramolecular Hbond substituents is 1. The van der Waals surface area contributed by atoms with E-state index in [9.17, 15) is 112 Å². The molecule has 130 heavy (non-hydrogen) atoms. The Morgan fingerprint density at radius 3 is 1.77 bits per heavy atom. The number of aromatic nitrogens is 1. The highest BCUT2D eigenvalue weighted by atomic mass is 33.1. The molecule has 0 saturated carbocycles. The number of thiazole rings is 1. The molecule has 0 aliphatic carbocycles. The van der Waals surface area contributed by atoms with Gasteiger partial charge in [0.1, 0.15) is 66.4 Å². The number of hydrogen-bond donors (Lipinski definition) is 19. The summed E-state index contributed by atoms with van der Waals surface area (Å²) in [5, 5.41) is 84.4. The van der Waals surface area contributed by atoms with Crippen LogP contribution in [-0.2, 0) is 107 Å². The first-order chi connectivity index (χ1) is 61.7. The molecule has 1 aliphatic rings. The fraction of sp³-hybridized carbons (Fsp3) is 0.541. The number of likely N-dealkylation sites (tertiary alicyclic amines) is 1. The number of rotatable bonds is 57. The molecule has 0 spiro atoms. The number of aliphatic carboxylic acids is 5. The summed E-state index contributed by atoms with van der Waals surface area (Å²) in [6, 6.07) is 7.56. The zero-order valence-electron chi connectivity index (χ0n) is 73.4. The molecule has 20 N–H and O–H groups in total. The number of urea groups is 1. The van der Waals surface area contributed by atoms with E-state index in [1.807, 2.05) is 57.2 Å². The number of carbonyl (C=O) groups excluding carboxylic acids is 13. The number of benzene rings is 3. The molecular weight excluding hydrogens is 1760 g/mol. The van der Waals surface area contributed by atoms with Crippen molar-refractivity contribution < 1.29 is 126 Å². The molecule has 13 atom stereocenters. The van der Waals surface area contributed by atoms with Crippen LogP contribution in [0.2, 0.25) is 0 Å². The zero-order chi connectivity index (χ0) is 96.1. The van der Waals surface area contributed by atoms with E-state index in [1.54, 1.807) is 85.1 Å². The van der Waals surface area contributed by atoms with Crippen molar-refractivity contribution in [1.29, 1.82) is 0 Å². The van der Waals surface area contributed by atoms with E-state index >= 15 is 0 Å². The maximum atomic E-state index is 14.8. The number of carboxylic acids is 5. The van der Waals surface area contributed by atoms with E-state index in [4.69, 9.17) is 20.3 Å². The van der Waals surface area contributed by atoms with E-state index in [0.717, 1.165) is 41.0 Å². The van der Waals surface area contributed by atoms with E-state index in [2.05, 4.69) is 58.4 Å². The van der Waals surface area contributed by atoms with Crippen molar-refractivity contribution in [2.75, 3.05) is 51.5 Å². The van der Waals surface area contributed by atoms with Crippen molar-refractivity contribution >= 4 is 140 Å². The molecule has 5 rings (SSSR count). The molecule has 1 unspecified atom stereocenters. The van der Waals surface area contributed by atoms with Crippen molar-refractivity contribution in [2.24, 2.45) is 23.5 Å². The second-order valence-corrected chi connectivity index (χ2v) is 35.1. The van der Waals surface area contributed by atoms with Crippen LogP contribution in [0.5, 0.6) is 5.75 Å². The van der Waals surface area contributed by atoms with Crippen LogP contribution < -0.4 is 69.8 Å². The van der Waals surface area contributed by atoms with Gasteiger partial charge in [-0.3, -0.25) is 72.7 Å². The lowest BCUT2D eigenvalue weighted by Gasteiger charge is -2.39. The number of phenols is 1. The van der Waals surface area contributed by atoms with Gasteiger partial charge in [-0.15, -0.1) is 11.3 Å². The third kappa shape index (κ3) is 39.8. The largest absolute Gasteiger partial charge is 0.508 e. The summed E-state index contributed by atoms with van der Waals surface area (Å²) in [7, 11) is 3.79. The lowest BCUT2D eigenvalue weighted by Crippen LogP contribution is -2.59. The lowest BCUT2D eigenvalue weighted by molar-refractivity contribution is -0.159. The van der Waals surface area contributed by atoms with Gasteiger partial charge < -0.3 is 104 Å². The number of carboxylic acid groups (broad SMARTS) is 5. The Morgan fingerprint density at radius 2 is 1.18 bits per heavy atom. The first-order valence-corrected chi connectivity index (χ1v) is 45.9. The van der Waals surface area contributed by atoms with Crippen LogP contribution in [0.25, 0.3) is 0 Å². The fourth-order valence-electron chi connectivity index (χ4n) is 13.4. The molecule has 1 aromatic heterocycles. The molecule has 3 aromatic carbocycles. The summed E-state index contributed by atoms with van der Waals surface area (Å²) in [6.45, 7) is 10.2. The van der Waals surface area contributed by atoms with E-state index in [-0.39, 0.29) is 98.6 Å². The standard InChI is InChI=1S/C85H120N16O26S3/c1-8-18-71(109)127-47-101(80(117)72(49(5)9-2)97-79(116)65-23-16-17-36-100(65)7)64(48(3)4)30-32-68-91-62(45-128-68)78(115)89-54(40-53-24-26-55(102)27-25-53)39-50(6)73(110)98-99-85(125)126-37-38-129-130-46-63(83(122)123)94-77(114)61(43-70(107)108)92-74(111)56(86)44-88-75(112)59(41-51-19-12-10-13-20-51)93-76(113)60(42-52-21-14-11-15-22-52)90-67(104)34-35-87-66(103)31-28-57(81(118)119)95-84(124)96-58(82(120)121)29-33-69(105)106/h10-15,19-22,24-27,45,48-50,54,56-61,63-65,72,102H,8-9,16-18,23,28-44,46-47,86H2,1-7H3,(H,87,103)(H,88,112)(H,89,115)(H,90,104)(H,92,111)(H,93,113)(H,94,114)(H,97,116)(H,98,110)(H,99,125)(H,105,106)(H,107,108)(H,118,119)(H,120,121)(H,122,123)(H2,95,96,124)/t49?,50-,54+,56-,57-,58-,59-,60-,61-,63+,64+,65+,72-/m0/s1. The van der Waals surface area contributed by atoms with Gasteiger partial charge in [0.15, 0.2) is 6.73 Å². The highest BCUT2D eigenvalue weighted by Gasteiger charge is 2.40. The monoisotopic (exact) mass is 1880 g/mol. The van der Waals surface area contributed by atoms with Crippen LogP contribution in [0, 0.1) is 17.8 Å². The maximum Gasteiger partial charge on any atom is 0.426 e. The Bertz CT molecular complexity index is 4460. The van der Waals surface area contributed by atoms with Gasteiger partial charge in [-0.05, 0) is 106 Å². The van der Waals surface area contributed by atoms with E-state index in [0.29, 0.717) is 53.8 Å². The number of nitrogens with one attached hydrogen (secondary N) is 12. The van der Waals surface area contributed by atoms with Gasteiger partial charge in [0.2, 0.25) is 53.2 Å². The summed E-state index contributed by atoms with van der Waals surface area (Å²) >= 11 is 1.23. The summed E-state index contributed by atoms with van der Waals surface area (Å²) in [4.78, 5) is 243. The number of ether oxygens (including phenoxy) is 2. The number of aryl methyl sites for hydroxylation is 1. The van der Waals surface area contributed by atoms with Gasteiger partial charge in [-0.2, -0.15) is 0 Å². The average Bonchev–Trinajstić information content (AvgIpc) is 1.71. The minimum absolute atomic E-state index is 0.00205. The number of nitrogens with zero attached hydrogens (tertiary/aromatic N) is 3. The maximum absolute atomic E-state index is 14.8. The van der Waals surface area contributed by atoms with Crippen LogP contribution >= 0.6 is 32.9 Å². The predicted octanol–water partition coefficient (Wildman–Crippen LogP) is 2.24. The lowest BCUT2D eigenvalue weighted by atomic mass is 9.93. The smallest absolute Gasteiger partial charge is 0.426 e. The molecule has 42 nitrogen and oxygen atoms in total. The van der Waals surface area contributed by atoms with Gasteiger partial charge in [-0.1, -0.05) is 149 Å². The van der Waals surface area contributed by atoms with Crippen molar-refractivity contribution in [1.82, 2.24) is 78.8 Å². The van der Waals surface area contributed by atoms with Crippen LogP contribution in [0.4, 0.5) is 9.59 Å². The quantitative estimate of drug-likeness (QED) is 0.00991. The Morgan fingerprint density at radius 1 is 0.592 bits per heavy atom. The Balaban J connectivity index is 1.11. The van der Waals surface area contributed by atoms with Crippen molar-refractivity contribution in [3.05, 3.63) is 118 Å². The summed E-state index contributed by atoms with van der Waals surface area (Å²) in [5.74, 6) is -17.4. The third-order valence-corrected chi connectivity index (χ3v) is 24.2. The average molecular weight is 1880 g/mol. The predicted molar refractivity (Wildman–Crippen MR) is 475 cm³/mol. The molecule has 1 aliphatic heterocycles. The minimum Gasteiger partial charge on any atom is -0.508 e. The Hall–Kier alpha value is -12.2. The summed E-state index contributed by atoms with van der Waals surface area (Å²) < 4.78 is 10.9. The molecule has 714 valence electrons. The van der Waals surface area contributed by atoms with Gasteiger partial charge in [-0.25, -0.2) is 34.4 Å². The minimum atomic E-state index is -1.92. The number of hydrogen-bond acceptors (Lipinski definition) is 27. The summed E-state index contributed by atoms with van der Waals surface area (Å²) in [5.41, 5.74) is 12.5. The number of carbonyl (C=O) groups is 18. The normalized spacial score (nSPS) is 15.2. The number of piperidine rings is 1. The van der Waals surface area contributed by atoms with Crippen LogP contribution in [0.15, 0.2) is 90.3 Å². The van der Waals surface area contributed by atoms with Crippen molar-refractivity contribution in [3.8, 4) is 5.75 Å². The van der Waals surface area contributed by atoms with E-state index in [1.165, 1.54) is 28.4 Å². The SMILES string of the molecule is CCCC(=O)OCN(C(=O)[C@@H](NC(=O)[C@H]1CCCCN1C)C(C)CC)[C@H](CCc1nc(C(=O)N[C@@H](Cc2ccc(O)cc2)C[C@H](C)C(=O)NNC(=O)OCCSSC[C@@H](NC(=O)[C@H](CC(=O)O)NC(=O)[C@@H](N)CNC(=O)[C@H](Cc2ccccc2)NC(=O)[C@H](Cc2ccccc2)NC(=O)CCNC(=O)CC[C@H](NC(=O)N[C@@H](CCC(=O)O)C(=O)O)C(=O)O)C(=O)O)cs1)C(C)C. The molecular formula is C85H120N16O26S3. The Labute approximate surface area is 763 Å². The second kappa shape index (κ2) is 57.0. The van der Waals surface area contributed by atoms with Gasteiger partial charge in [0, 0.05) is 92.9 Å². The summed E-state index contributed by atoms with van der Waals surface area (Å²) in [6.07, 6.45) is -0.408. The molecule has 45 heteroatoms. The van der Waals surface area contributed by atoms with Gasteiger partial charge >= 0.3 is 47.9 Å². The first kappa shape index (κ1) is 108. The molecule has 1 saturated heterocycles. The van der Waals surface area contributed by atoms with Crippen molar-refractivity contribution in [2.45, 2.75) is 224 Å². The number of amides is 13. The second-order valence-electron chi connectivity index (χ2n) is 31.5. The highest BCUT2D eigenvalue weighted by Crippen LogP contribution is 2.27. The molecule has 13 amide bonds. The van der Waals surface area contributed by atoms with Crippen molar-refractivity contribution in [3.63, 3.8) is 0 Å². The van der Waals surface area contributed by atoms with Crippen LogP contribution in [0.3, 0.4) is 0 Å². The van der Waals surface area contributed by atoms with Gasteiger partial charge in [0.25, 0.3) is 5.91 Å². The molecule has 0 bridgehead atoms. The third-order valence-electron chi connectivity index (χ3n) is 20.9. The number of nitrogens with two attached hydrogens (primary N) is 1. The van der Waals surface area contributed by atoms with Gasteiger partial charge in [0.05, 0.1) is 17.5 Å².